The second-order valence-electron chi connectivity index (χ2n) is 3.74. The predicted octanol–water partition coefficient (Wildman–Crippen LogP) is 3.38. The van der Waals surface area contributed by atoms with Gasteiger partial charge >= 0.3 is 0 Å². The van der Waals surface area contributed by atoms with Gasteiger partial charge in [0.1, 0.15) is 0 Å². The monoisotopic (exact) mass is 233 g/mol. The normalized spacial score (nSPS) is 12.6. The molecule has 0 spiro atoms. The summed E-state index contributed by atoms with van der Waals surface area (Å²) in [4.78, 5) is 1.29. The quantitative estimate of drug-likeness (QED) is 0.823. The molecule has 2 aromatic rings. The smallest absolute Gasteiger partial charge is 0.0950 e. The first-order valence-corrected chi connectivity index (χ1v) is 6.22. The molecule has 0 fully saturated rings. The Morgan fingerprint density at radius 1 is 1.31 bits per heavy atom. The van der Waals surface area contributed by atoms with Crippen LogP contribution in [-0.4, -0.2) is 5.75 Å². The highest BCUT2D eigenvalue weighted by Crippen LogP contribution is 2.25. The molecule has 1 aromatic carbocycles. The highest BCUT2D eigenvalue weighted by molar-refractivity contribution is 7.99. The molecule has 0 radical (unpaired) electrons. The van der Waals surface area contributed by atoms with Gasteiger partial charge in [-0.2, -0.15) is 0 Å². The summed E-state index contributed by atoms with van der Waals surface area (Å²) in [6.45, 7) is 2.12. The van der Waals surface area contributed by atoms with E-state index in [2.05, 4.69) is 31.2 Å². The van der Waals surface area contributed by atoms with Gasteiger partial charge in [-0.25, -0.2) is 0 Å². The van der Waals surface area contributed by atoms with Crippen molar-refractivity contribution in [3.8, 4) is 0 Å². The Hall–Kier alpha value is -1.19. The Kier molecular flexibility index (Phi) is 3.70. The van der Waals surface area contributed by atoms with E-state index in [-0.39, 0.29) is 6.04 Å². The van der Waals surface area contributed by atoms with Crippen molar-refractivity contribution in [1.82, 2.24) is 0 Å². The zero-order chi connectivity index (χ0) is 11.4. The lowest BCUT2D eigenvalue weighted by Crippen LogP contribution is -2.11. The van der Waals surface area contributed by atoms with Crippen molar-refractivity contribution in [1.29, 1.82) is 0 Å². The molecule has 2 N–H and O–H groups in total. The predicted molar refractivity (Wildman–Crippen MR) is 67.5 cm³/mol. The summed E-state index contributed by atoms with van der Waals surface area (Å²) >= 11 is 1.79. The third-order valence-corrected chi connectivity index (χ3v) is 3.78. The molecule has 0 saturated carbocycles. The first kappa shape index (κ1) is 11.3. The zero-order valence-electron chi connectivity index (χ0n) is 9.22. The molecule has 2 nitrogen and oxygen atoms in total. The van der Waals surface area contributed by atoms with Gasteiger partial charge in [-0.1, -0.05) is 18.2 Å². The lowest BCUT2D eigenvalue weighted by Gasteiger charge is -2.10. The van der Waals surface area contributed by atoms with Gasteiger partial charge in [0.25, 0.3) is 0 Å². The number of benzene rings is 1. The van der Waals surface area contributed by atoms with E-state index in [1.807, 2.05) is 6.07 Å². The fraction of sp³-hybridized carbons (Fsp3) is 0.231. The molecule has 1 aromatic heterocycles. The second-order valence-corrected chi connectivity index (χ2v) is 4.80. The minimum atomic E-state index is 0.0309. The summed E-state index contributed by atoms with van der Waals surface area (Å²) in [6, 6.07) is 10.3. The van der Waals surface area contributed by atoms with Crippen molar-refractivity contribution < 1.29 is 4.42 Å². The van der Waals surface area contributed by atoms with Crippen molar-refractivity contribution in [3.05, 3.63) is 54.0 Å². The van der Waals surface area contributed by atoms with E-state index in [0.29, 0.717) is 0 Å². The molecule has 0 aliphatic carbocycles. The molecule has 0 bridgehead atoms. The standard InChI is InChI=1S/C13H15NOS/c1-10-4-2-3-5-13(10)16-9-12(14)11-6-7-15-8-11/h2-8,12H,9,14H2,1H3. The third kappa shape index (κ3) is 2.68. The van der Waals surface area contributed by atoms with Crippen LogP contribution in [0.25, 0.3) is 0 Å². The van der Waals surface area contributed by atoms with Gasteiger partial charge in [0.05, 0.1) is 12.5 Å². The maximum atomic E-state index is 6.06. The maximum absolute atomic E-state index is 6.06. The van der Waals surface area contributed by atoms with Crippen molar-refractivity contribution in [2.75, 3.05) is 5.75 Å². The van der Waals surface area contributed by atoms with Crippen LogP contribution in [0.2, 0.25) is 0 Å². The Labute approximate surface area is 99.8 Å². The van der Waals surface area contributed by atoms with Gasteiger partial charge in [0.15, 0.2) is 0 Å². The third-order valence-electron chi connectivity index (χ3n) is 2.48. The molecule has 0 aliphatic heterocycles. The van der Waals surface area contributed by atoms with E-state index in [1.54, 1.807) is 24.3 Å². The number of thioether (sulfide) groups is 1. The molecule has 1 atom stereocenters. The number of nitrogens with two attached hydrogens (primary N) is 1. The average molecular weight is 233 g/mol. The van der Waals surface area contributed by atoms with Crippen LogP contribution >= 0.6 is 11.8 Å². The topological polar surface area (TPSA) is 39.2 Å². The molecular formula is C13H15NOS. The fourth-order valence-electron chi connectivity index (χ4n) is 1.48. The van der Waals surface area contributed by atoms with Gasteiger partial charge in [-0.05, 0) is 24.6 Å². The molecule has 0 saturated heterocycles. The maximum Gasteiger partial charge on any atom is 0.0950 e. The molecule has 1 heterocycles. The summed E-state index contributed by atoms with van der Waals surface area (Å²) in [5.41, 5.74) is 8.41. The first-order chi connectivity index (χ1) is 7.77. The number of aryl methyl sites for hydroxylation is 1. The summed E-state index contributed by atoms with van der Waals surface area (Å²) in [5, 5.41) is 0. The van der Waals surface area contributed by atoms with Crippen molar-refractivity contribution >= 4 is 11.8 Å². The molecule has 3 heteroatoms. The van der Waals surface area contributed by atoms with E-state index in [9.17, 15) is 0 Å². The van der Waals surface area contributed by atoms with Gasteiger partial charge in [0.2, 0.25) is 0 Å². The number of rotatable bonds is 4. The van der Waals surface area contributed by atoms with Crippen molar-refractivity contribution in [2.45, 2.75) is 17.9 Å². The Bertz CT molecular complexity index is 439. The fourth-order valence-corrected chi connectivity index (χ4v) is 2.50. The summed E-state index contributed by atoms with van der Waals surface area (Å²) in [6.07, 6.45) is 3.37. The Morgan fingerprint density at radius 3 is 2.81 bits per heavy atom. The molecule has 1 unspecified atom stereocenters. The van der Waals surface area contributed by atoms with Crippen LogP contribution in [0.1, 0.15) is 17.2 Å². The number of hydrogen-bond acceptors (Lipinski definition) is 3. The molecule has 2 rings (SSSR count). The molecule has 0 amide bonds. The van der Waals surface area contributed by atoms with Gasteiger partial charge in [0, 0.05) is 22.3 Å². The van der Waals surface area contributed by atoms with Gasteiger partial charge < -0.3 is 10.2 Å². The number of furan rings is 1. The van der Waals surface area contributed by atoms with Crippen LogP contribution in [0, 0.1) is 6.92 Å². The Balaban J connectivity index is 1.95. The van der Waals surface area contributed by atoms with E-state index in [4.69, 9.17) is 10.2 Å². The lowest BCUT2D eigenvalue weighted by molar-refractivity contribution is 0.561. The highest BCUT2D eigenvalue weighted by atomic mass is 32.2. The Morgan fingerprint density at radius 2 is 2.12 bits per heavy atom. The summed E-state index contributed by atoms with van der Waals surface area (Å²) in [7, 11) is 0. The lowest BCUT2D eigenvalue weighted by atomic mass is 10.2. The minimum absolute atomic E-state index is 0.0309. The van der Waals surface area contributed by atoms with Crippen LogP contribution in [-0.2, 0) is 0 Å². The van der Waals surface area contributed by atoms with Crippen LogP contribution in [0.15, 0.2) is 52.2 Å². The zero-order valence-corrected chi connectivity index (χ0v) is 10.0. The molecule has 0 aliphatic rings. The second kappa shape index (κ2) is 5.23. The van der Waals surface area contributed by atoms with Crippen LogP contribution in [0.3, 0.4) is 0 Å². The minimum Gasteiger partial charge on any atom is -0.472 e. The first-order valence-electron chi connectivity index (χ1n) is 5.23. The van der Waals surface area contributed by atoms with Gasteiger partial charge in [-0.3, -0.25) is 0 Å². The number of hydrogen-bond donors (Lipinski definition) is 1. The van der Waals surface area contributed by atoms with Crippen molar-refractivity contribution in [3.63, 3.8) is 0 Å². The van der Waals surface area contributed by atoms with E-state index in [1.165, 1.54) is 10.5 Å². The molecule has 16 heavy (non-hydrogen) atoms. The van der Waals surface area contributed by atoms with Crippen molar-refractivity contribution in [2.24, 2.45) is 5.73 Å². The van der Waals surface area contributed by atoms with Crippen LogP contribution in [0.4, 0.5) is 0 Å². The van der Waals surface area contributed by atoms with Crippen LogP contribution in [0.5, 0.6) is 0 Å². The van der Waals surface area contributed by atoms with Crippen LogP contribution < -0.4 is 5.73 Å². The summed E-state index contributed by atoms with van der Waals surface area (Å²) < 4.78 is 5.02. The van der Waals surface area contributed by atoms with E-state index < -0.39 is 0 Å². The largest absolute Gasteiger partial charge is 0.472 e. The average Bonchev–Trinajstić information content (AvgIpc) is 2.81. The van der Waals surface area contributed by atoms with E-state index in [0.717, 1.165) is 11.3 Å². The van der Waals surface area contributed by atoms with Gasteiger partial charge in [-0.15, -0.1) is 11.8 Å². The van der Waals surface area contributed by atoms with E-state index >= 15 is 0 Å². The SMILES string of the molecule is Cc1ccccc1SCC(N)c1ccoc1. The molecular weight excluding hydrogens is 218 g/mol. The highest BCUT2D eigenvalue weighted by Gasteiger charge is 2.08. The summed E-state index contributed by atoms with van der Waals surface area (Å²) in [5.74, 6) is 0.865. The molecule has 84 valence electrons.